The molecule has 1 amide bonds. The van der Waals surface area contributed by atoms with Crippen molar-refractivity contribution in [3.63, 3.8) is 0 Å². The smallest absolute Gasteiger partial charge is 0.407 e. The van der Waals surface area contributed by atoms with Crippen molar-refractivity contribution in [2.75, 3.05) is 0 Å². The first-order valence-electron chi connectivity index (χ1n) is 6.49. The van der Waals surface area contributed by atoms with Crippen LogP contribution in [-0.4, -0.2) is 17.7 Å². The molecule has 0 heterocycles. The van der Waals surface area contributed by atoms with Gasteiger partial charge in [-0.1, -0.05) is 32.3 Å². The van der Waals surface area contributed by atoms with Crippen LogP contribution < -0.4 is 5.32 Å². The van der Waals surface area contributed by atoms with Gasteiger partial charge >= 0.3 is 6.09 Å². The van der Waals surface area contributed by atoms with Gasteiger partial charge in [-0.05, 0) is 33.6 Å². The molecule has 0 saturated heterocycles. The number of rotatable bonds is 7. The summed E-state index contributed by atoms with van der Waals surface area (Å²) in [7, 11) is 0. The van der Waals surface area contributed by atoms with E-state index < -0.39 is 5.60 Å². The van der Waals surface area contributed by atoms with Crippen molar-refractivity contribution in [1.82, 2.24) is 5.32 Å². The third-order valence-electron chi connectivity index (χ3n) is 2.33. The van der Waals surface area contributed by atoms with Gasteiger partial charge in [0, 0.05) is 6.04 Å². The normalized spacial score (nSPS) is 12.9. The van der Waals surface area contributed by atoms with Crippen LogP contribution in [0.3, 0.4) is 0 Å². The fourth-order valence-electron chi connectivity index (χ4n) is 1.57. The van der Waals surface area contributed by atoms with Gasteiger partial charge in [-0.25, -0.2) is 4.79 Å². The first-order chi connectivity index (χ1) is 7.89. The van der Waals surface area contributed by atoms with Gasteiger partial charge in [0.2, 0.25) is 0 Å². The second-order valence-electron chi connectivity index (χ2n) is 5.36. The predicted molar refractivity (Wildman–Crippen MR) is 72.1 cm³/mol. The third kappa shape index (κ3) is 9.91. The van der Waals surface area contributed by atoms with E-state index >= 15 is 0 Å². The van der Waals surface area contributed by atoms with Gasteiger partial charge in [-0.2, -0.15) is 0 Å². The number of unbranched alkanes of at least 4 members (excludes halogenated alkanes) is 2. The number of hydrogen-bond acceptors (Lipinski definition) is 2. The summed E-state index contributed by atoms with van der Waals surface area (Å²) in [4.78, 5) is 11.6. The summed E-state index contributed by atoms with van der Waals surface area (Å²) in [6.07, 6.45) is 6.80. The van der Waals surface area contributed by atoms with Gasteiger partial charge in [0.05, 0.1) is 0 Å². The lowest BCUT2D eigenvalue weighted by molar-refractivity contribution is 0.0501. The zero-order valence-corrected chi connectivity index (χ0v) is 11.7. The highest BCUT2D eigenvalue weighted by atomic mass is 16.6. The Morgan fingerprint density at radius 3 is 2.53 bits per heavy atom. The Bertz CT molecular complexity index is 231. The van der Waals surface area contributed by atoms with Gasteiger partial charge in [0.15, 0.2) is 0 Å². The molecule has 100 valence electrons. The van der Waals surface area contributed by atoms with E-state index in [9.17, 15) is 4.79 Å². The summed E-state index contributed by atoms with van der Waals surface area (Å²) in [5.74, 6) is 0. The van der Waals surface area contributed by atoms with Crippen molar-refractivity contribution >= 4 is 6.09 Å². The second-order valence-corrected chi connectivity index (χ2v) is 5.36. The van der Waals surface area contributed by atoms with E-state index in [1.807, 2.05) is 26.8 Å². The largest absolute Gasteiger partial charge is 0.444 e. The number of ether oxygens (including phenoxy) is 1. The molecule has 0 bridgehead atoms. The molecule has 3 heteroatoms. The summed E-state index contributed by atoms with van der Waals surface area (Å²) in [5, 5.41) is 2.90. The maximum Gasteiger partial charge on any atom is 0.407 e. The number of carbonyl (C=O) groups excluding carboxylic acids is 1. The summed E-state index contributed by atoms with van der Waals surface area (Å²) in [6, 6.07) is 0.147. The van der Waals surface area contributed by atoms with Crippen LogP contribution in [0.25, 0.3) is 0 Å². The van der Waals surface area contributed by atoms with E-state index in [1.54, 1.807) is 0 Å². The summed E-state index contributed by atoms with van der Waals surface area (Å²) < 4.78 is 5.24. The van der Waals surface area contributed by atoms with Crippen LogP contribution in [0.2, 0.25) is 0 Å². The van der Waals surface area contributed by atoms with Crippen LogP contribution in [0.4, 0.5) is 4.79 Å². The zero-order valence-electron chi connectivity index (χ0n) is 11.7. The lowest BCUT2D eigenvalue weighted by atomic mass is 10.1. The van der Waals surface area contributed by atoms with Gasteiger partial charge in [0.1, 0.15) is 5.60 Å². The Hall–Kier alpha value is -0.990. The third-order valence-corrected chi connectivity index (χ3v) is 2.33. The number of hydrogen-bond donors (Lipinski definition) is 1. The Labute approximate surface area is 106 Å². The van der Waals surface area contributed by atoms with Gasteiger partial charge in [-0.3, -0.25) is 0 Å². The van der Waals surface area contributed by atoms with Gasteiger partial charge in [-0.15, -0.1) is 6.58 Å². The van der Waals surface area contributed by atoms with Crippen LogP contribution in [0, 0.1) is 0 Å². The first-order valence-corrected chi connectivity index (χ1v) is 6.49. The molecule has 0 fully saturated rings. The molecule has 3 nitrogen and oxygen atoms in total. The minimum atomic E-state index is -0.438. The highest BCUT2D eigenvalue weighted by molar-refractivity contribution is 5.68. The SMILES string of the molecule is C=CCC(CCCCC)NC(=O)OC(C)(C)C. The molecule has 1 N–H and O–H groups in total. The first kappa shape index (κ1) is 16.0. The Kier molecular flexibility index (Phi) is 7.68. The van der Waals surface area contributed by atoms with Crippen LogP contribution >= 0.6 is 0 Å². The van der Waals surface area contributed by atoms with E-state index in [1.165, 1.54) is 12.8 Å². The monoisotopic (exact) mass is 241 g/mol. The molecular weight excluding hydrogens is 214 g/mol. The maximum atomic E-state index is 11.6. The van der Waals surface area contributed by atoms with E-state index in [-0.39, 0.29) is 12.1 Å². The summed E-state index contributed by atoms with van der Waals surface area (Å²) >= 11 is 0. The molecule has 0 aromatic carbocycles. The Morgan fingerprint density at radius 2 is 2.06 bits per heavy atom. The van der Waals surface area contributed by atoms with Crippen LogP contribution in [0.1, 0.15) is 59.8 Å². The maximum absolute atomic E-state index is 11.6. The molecule has 0 radical (unpaired) electrons. The molecule has 1 unspecified atom stereocenters. The number of alkyl carbamates (subject to hydrolysis) is 1. The molecule has 17 heavy (non-hydrogen) atoms. The Balaban J connectivity index is 4.05. The minimum absolute atomic E-state index is 0.147. The van der Waals surface area contributed by atoms with Gasteiger partial charge in [0.25, 0.3) is 0 Å². The molecule has 0 aromatic rings. The topological polar surface area (TPSA) is 38.3 Å². The summed E-state index contributed by atoms with van der Waals surface area (Å²) in [6.45, 7) is 11.5. The van der Waals surface area contributed by atoms with E-state index in [0.717, 1.165) is 19.3 Å². The van der Waals surface area contributed by atoms with Crippen molar-refractivity contribution in [2.24, 2.45) is 0 Å². The molecule has 1 atom stereocenters. The van der Waals surface area contributed by atoms with Crippen molar-refractivity contribution < 1.29 is 9.53 Å². The van der Waals surface area contributed by atoms with Crippen LogP contribution in [0.15, 0.2) is 12.7 Å². The van der Waals surface area contributed by atoms with E-state index in [4.69, 9.17) is 4.74 Å². The number of amides is 1. The second kappa shape index (κ2) is 8.15. The lowest BCUT2D eigenvalue weighted by Gasteiger charge is -2.23. The van der Waals surface area contributed by atoms with Crippen molar-refractivity contribution in [1.29, 1.82) is 0 Å². The molecule has 0 aliphatic rings. The standard InChI is InChI=1S/C14H27NO2/c1-6-8-9-11-12(10-7-2)15-13(16)17-14(3,4)5/h7,12H,2,6,8-11H2,1,3-5H3,(H,15,16). The number of carbonyl (C=O) groups is 1. The van der Waals surface area contributed by atoms with Gasteiger partial charge < -0.3 is 10.1 Å². The van der Waals surface area contributed by atoms with Crippen LogP contribution in [0.5, 0.6) is 0 Å². The summed E-state index contributed by atoms with van der Waals surface area (Å²) in [5.41, 5.74) is -0.438. The average Bonchev–Trinajstić information content (AvgIpc) is 2.15. The predicted octanol–water partition coefficient (Wildman–Crippen LogP) is 4.04. The highest BCUT2D eigenvalue weighted by Crippen LogP contribution is 2.10. The average molecular weight is 241 g/mol. The van der Waals surface area contributed by atoms with E-state index in [2.05, 4.69) is 18.8 Å². The van der Waals surface area contributed by atoms with Crippen LogP contribution in [-0.2, 0) is 4.74 Å². The van der Waals surface area contributed by atoms with Crippen molar-refractivity contribution in [3.8, 4) is 0 Å². The molecule has 0 saturated carbocycles. The zero-order chi connectivity index (χ0) is 13.3. The van der Waals surface area contributed by atoms with Crippen molar-refractivity contribution in [2.45, 2.75) is 71.4 Å². The van der Waals surface area contributed by atoms with Crippen molar-refractivity contribution in [3.05, 3.63) is 12.7 Å². The Morgan fingerprint density at radius 1 is 1.41 bits per heavy atom. The fourth-order valence-corrected chi connectivity index (χ4v) is 1.57. The van der Waals surface area contributed by atoms with E-state index in [0.29, 0.717) is 0 Å². The molecule has 0 aliphatic heterocycles. The minimum Gasteiger partial charge on any atom is -0.444 e. The molecule has 0 aliphatic carbocycles. The quantitative estimate of drug-likeness (QED) is 0.539. The molecule has 0 rings (SSSR count). The lowest BCUT2D eigenvalue weighted by Crippen LogP contribution is -2.38. The highest BCUT2D eigenvalue weighted by Gasteiger charge is 2.18. The molecule has 0 aromatic heterocycles. The number of nitrogens with one attached hydrogen (secondary N) is 1. The molecular formula is C14H27NO2. The molecule has 0 spiro atoms. The fraction of sp³-hybridized carbons (Fsp3) is 0.786.